The van der Waals surface area contributed by atoms with Gasteiger partial charge in [-0.15, -0.1) is 0 Å². The van der Waals surface area contributed by atoms with Crippen molar-refractivity contribution in [3.63, 3.8) is 0 Å². The first kappa shape index (κ1) is 11.7. The average Bonchev–Trinajstić information content (AvgIpc) is 2.16. The van der Waals surface area contributed by atoms with Crippen LogP contribution in [0.1, 0.15) is 19.8 Å². The Morgan fingerprint density at radius 2 is 2.07 bits per heavy atom. The molecule has 0 aliphatic heterocycles. The number of hydrogen-bond acceptors (Lipinski definition) is 3. The lowest BCUT2D eigenvalue weighted by Gasteiger charge is -2.36. The normalized spacial score (nSPS) is 32.3. The molecular weight excluding hydrogens is 200 g/mol. The van der Waals surface area contributed by atoms with E-state index in [9.17, 15) is 14.7 Å². The number of allylic oxidation sites excluding steroid dienone is 1. The standard InChI is InChI=1S/C10H14O5/c1-6(11)10(9(14)15)5-3-2-4-7(10)8(12)13/h3,5-7,11H,2,4H2,1H3,(H,12,13)(H,14,15). The van der Waals surface area contributed by atoms with Gasteiger partial charge in [-0.3, -0.25) is 9.59 Å². The van der Waals surface area contributed by atoms with Crippen LogP contribution in [0, 0.1) is 11.3 Å². The lowest BCUT2D eigenvalue weighted by Crippen LogP contribution is -2.49. The highest BCUT2D eigenvalue weighted by Gasteiger charge is 2.52. The predicted molar refractivity (Wildman–Crippen MR) is 51.2 cm³/mol. The van der Waals surface area contributed by atoms with Gasteiger partial charge in [0.1, 0.15) is 5.41 Å². The Balaban J connectivity index is 3.22. The van der Waals surface area contributed by atoms with Crippen LogP contribution in [0.15, 0.2) is 12.2 Å². The van der Waals surface area contributed by atoms with E-state index in [1.54, 1.807) is 6.08 Å². The fraction of sp³-hybridized carbons (Fsp3) is 0.600. The van der Waals surface area contributed by atoms with Crippen LogP contribution in [0.2, 0.25) is 0 Å². The minimum atomic E-state index is -1.69. The zero-order chi connectivity index (χ0) is 11.6. The van der Waals surface area contributed by atoms with Crippen LogP contribution in [0.25, 0.3) is 0 Å². The van der Waals surface area contributed by atoms with Crippen molar-refractivity contribution in [3.05, 3.63) is 12.2 Å². The quantitative estimate of drug-likeness (QED) is 0.594. The largest absolute Gasteiger partial charge is 0.481 e. The monoisotopic (exact) mass is 214 g/mol. The minimum Gasteiger partial charge on any atom is -0.481 e. The van der Waals surface area contributed by atoms with Gasteiger partial charge in [0.2, 0.25) is 0 Å². The Kier molecular flexibility index (Phi) is 3.14. The molecule has 3 unspecified atom stereocenters. The van der Waals surface area contributed by atoms with Crippen LogP contribution >= 0.6 is 0 Å². The summed E-state index contributed by atoms with van der Waals surface area (Å²) in [6.07, 6.45) is 2.46. The maximum atomic E-state index is 11.2. The third-order valence-electron chi connectivity index (χ3n) is 2.95. The third kappa shape index (κ3) is 1.74. The molecule has 3 N–H and O–H groups in total. The van der Waals surface area contributed by atoms with Gasteiger partial charge in [-0.25, -0.2) is 0 Å². The number of aliphatic hydroxyl groups is 1. The van der Waals surface area contributed by atoms with Gasteiger partial charge in [-0.1, -0.05) is 12.2 Å². The molecule has 0 saturated heterocycles. The fourth-order valence-electron chi connectivity index (χ4n) is 2.05. The van der Waals surface area contributed by atoms with Crippen LogP contribution in [0.3, 0.4) is 0 Å². The van der Waals surface area contributed by atoms with Crippen molar-refractivity contribution in [2.75, 3.05) is 0 Å². The molecule has 0 saturated carbocycles. The minimum absolute atomic E-state index is 0.239. The molecule has 5 heteroatoms. The topological polar surface area (TPSA) is 94.8 Å². The molecule has 0 amide bonds. The maximum absolute atomic E-state index is 11.2. The number of carboxylic acid groups (broad SMARTS) is 2. The lowest BCUT2D eigenvalue weighted by atomic mass is 9.67. The van der Waals surface area contributed by atoms with E-state index in [0.717, 1.165) is 0 Å². The SMILES string of the molecule is CC(O)C1(C(=O)O)C=CCCC1C(=O)O. The van der Waals surface area contributed by atoms with Crippen molar-refractivity contribution in [1.29, 1.82) is 0 Å². The van der Waals surface area contributed by atoms with Crippen molar-refractivity contribution < 1.29 is 24.9 Å². The van der Waals surface area contributed by atoms with Gasteiger partial charge >= 0.3 is 11.9 Å². The molecular formula is C10H14O5. The van der Waals surface area contributed by atoms with Crippen LogP contribution < -0.4 is 0 Å². The summed E-state index contributed by atoms with van der Waals surface area (Å²) in [5.74, 6) is -3.54. The molecule has 1 aliphatic carbocycles. The van der Waals surface area contributed by atoms with Gasteiger partial charge < -0.3 is 15.3 Å². The van der Waals surface area contributed by atoms with Crippen molar-refractivity contribution in [2.24, 2.45) is 11.3 Å². The van der Waals surface area contributed by atoms with Gasteiger partial charge in [0, 0.05) is 0 Å². The number of carbonyl (C=O) groups is 2. The molecule has 1 aliphatic rings. The Bertz CT molecular complexity index is 307. The highest BCUT2D eigenvalue weighted by atomic mass is 16.4. The number of hydrogen-bond donors (Lipinski definition) is 3. The molecule has 1 rings (SSSR count). The first-order valence-corrected chi connectivity index (χ1v) is 4.75. The molecule has 0 radical (unpaired) electrons. The average molecular weight is 214 g/mol. The molecule has 15 heavy (non-hydrogen) atoms. The Morgan fingerprint density at radius 1 is 1.47 bits per heavy atom. The number of aliphatic hydroxyl groups excluding tert-OH is 1. The van der Waals surface area contributed by atoms with E-state index in [0.29, 0.717) is 6.42 Å². The summed E-state index contributed by atoms with van der Waals surface area (Å²) in [4.78, 5) is 22.1. The zero-order valence-corrected chi connectivity index (χ0v) is 8.38. The van der Waals surface area contributed by atoms with Gasteiger partial charge in [0.15, 0.2) is 0 Å². The number of carboxylic acids is 2. The second kappa shape index (κ2) is 4.02. The summed E-state index contributed by atoms with van der Waals surface area (Å²) >= 11 is 0. The van der Waals surface area contributed by atoms with Crippen molar-refractivity contribution in [3.8, 4) is 0 Å². The van der Waals surface area contributed by atoms with Crippen LogP contribution in [-0.4, -0.2) is 33.4 Å². The van der Waals surface area contributed by atoms with Gasteiger partial charge in [0.05, 0.1) is 12.0 Å². The molecule has 0 heterocycles. The molecule has 0 spiro atoms. The molecule has 84 valence electrons. The summed E-state index contributed by atoms with van der Waals surface area (Å²) in [5.41, 5.74) is -1.69. The Labute approximate surface area is 87.0 Å². The maximum Gasteiger partial charge on any atom is 0.317 e. The van der Waals surface area contributed by atoms with Crippen LogP contribution in [0.5, 0.6) is 0 Å². The second-order valence-electron chi connectivity index (χ2n) is 3.78. The molecule has 5 nitrogen and oxygen atoms in total. The van der Waals surface area contributed by atoms with E-state index in [4.69, 9.17) is 10.2 Å². The fourth-order valence-corrected chi connectivity index (χ4v) is 2.05. The van der Waals surface area contributed by atoms with Crippen molar-refractivity contribution in [1.82, 2.24) is 0 Å². The smallest absolute Gasteiger partial charge is 0.317 e. The van der Waals surface area contributed by atoms with Crippen molar-refractivity contribution >= 4 is 11.9 Å². The van der Waals surface area contributed by atoms with Crippen LogP contribution in [0.4, 0.5) is 0 Å². The third-order valence-corrected chi connectivity index (χ3v) is 2.95. The molecule has 0 bridgehead atoms. The summed E-state index contributed by atoms with van der Waals surface area (Å²) in [5, 5.41) is 27.6. The molecule has 0 aromatic heterocycles. The molecule has 0 aromatic rings. The molecule has 0 fully saturated rings. The van der Waals surface area contributed by atoms with Gasteiger partial charge in [-0.2, -0.15) is 0 Å². The van der Waals surface area contributed by atoms with E-state index in [-0.39, 0.29) is 6.42 Å². The lowest BCUT2D eigenvalue weighted by molar-refractivity contribution is -0.166. The summed E-state index contributed by atoms with van der Waals surface area (Å²) in [6.45, 7) is 1.31. The molecule has 0 aromatic carbocycles. The highest BCUT2D eigenvalue weighted by Crippen LogP contribution is 2.40. The van der Waals surface area contributed by atoms with Gasteiger partial charge in [-0.05, 0) is 19.8 Å². The Morgan fingerprint density at radius 3 is 2.40 bits per heavy atom. The van der Waals surface area contributed by atoms with E-state index in [2.05, 4.69) is 0 Å². The van der Waals surface area contributed by atoms with Gasteiger partial charge in [0.25, 0.3) is 0 Å². The van der Waals surface area contributed by atoms with E-state index in [1.807, 2.05) is 0 Å². The van der Waals surface area contributed by atoms with E-state index >= 15 is 0 Å². The number of aliphatic carboxylic acids is 2. The van der Waals surface area contributed by atoms with E-state index < -0.39 is 29.4 Å². The first-order valence-electron chi connectivity index (χ1n) is 4.75. The van der Waals surface area contributed by atoms with Crippen LogP contribution in [-0.2, 0) is 9.59 Å². The summed E-state index contributed by atoms with van der Waals surface area (Å²) in [6, 6.07) is 0. The zero-order valence-electron chi connectivity index (χ0n) is 8.38. The predicted octanol–water partition coefficient (Wildman–Crippen LogP) is 0.489. The summed E-state index contributed by atoms with van der Waals surface area (Å²) < 4.78 is 0. The number of rotatable bonds is 3. The summed E-state index contributed by atoms with van der Waals surface area (Å²) in [7, 11) is 0. The van der Waals surface area contributed by atoms with Crippen molar-refractivity contribution in [2.45, 2.75) is 25.9 Å². The Hall–Kier alpha value is -1.36. The first-order chi connectivity index (χ1) is 6.93. The second-order valence-corrected chi connectivity index (χ2v) is 3.78. The van der Waals surface area contributed by atoms with E-state index in [1.165, 1.54) is 13.0 Å². The highest BCUT2D eigenvalue weighted by molar-refractivity contribution is 5.86. The molecule has 3 atom stereocenters.